The second kappa shape index (κ2) is 10.1. The van der Waals surface area contributed by atoms with Gasteiger partial charge < -0.3 is 20.7 Å². The van der Waals surface area contributed by atoms with E-state index in [9.17, 15) is 14.4 Å². The molecule has 11 nitrogen and oxygen atoms in total. The Morgan fingerprint density at radius 3 is 2.70 bits per heavy atom. The number of piperidine rings is 1. The number of carbonyl (C=O) groups excluding carboxylic acids is 3. The number of amides is 3. The van der Waals surface area contributed by atoms with Crippen LogP contribution in [0.15, 0.2) is 30.3 Å². The van der Waals surface area contributed by atoms with Gasteiger partial charge in [0.05, 0.1) is 45.5 Å². The fraction of sp³-hybridized carbons (Fsp3) is 0.360. The largest absolute Gasteiger partial charge is 0.379 e. The molecule has 0 bridgehead atoms. The number of hydrogen-bond acceptors (Lipinski definition) is 8. The zero-order chi connectivity index (χ0) is 25.4. The smallest absolute Gasteiger partial charge is 0.333 e. The van der Waals surface area contributed by atoms with Crippen molar-refractivity contribution in [3.63, 3.8) is 0 Å². The highest BCUT2D eigenvalue weighted by Crippen LogP contribution is 2.44. The maximum absolute atomic E-state index is 13.6. The van der Waals surface area contributed by atoms with E-state index in [2.05, 4.69) is 31.6 Å². The fourth-order valence-electron chi connectivity index (χ4n) is 4.95. The quantitative estimate of drug-likeness (QED) is 0.271. The number of ether oxygens (including phenoxy) is 1. The second-order valence-corrected chi connectivity index (χ2v) is 10.3. The Bertz CT molecular complexity index is 1350. The van der Waals surface area contributed by atoms with Crippen molar-refractivity contribution >= 4 is 34.7 Å². The molecule has 4 heterocycles. The van der Waals surface area contributed by atoms with Crippen molar-refractivity contribution in [3.8, 4) is 21.8 Å². The summed E-state index contributed by atoms with van der Waals surface area (Å²) in [4.78, 5) is 40.3. The van der Waals surface area contributed by atoms with E-state index >= 15 is 0 Å². The molecule has 3 aliphatic rings. The van der Waals surface area contributed by atoms with E-state index in [1.54, 1.807) is 23.2 Å². The molecule has 2 aromatic heterocycles. The Morgan fingerprint density at radius 1 is 1.08 bits per heavy atom. The van der Waals surface area contributed by atoms with Gasteiger partial charge in [0, 0.05) is 24.7 Å². The molecular weight excluding hydrogens is 494 g/mol. The highest BCUT2D eigenvalue weighted by Gasteiger charge is 2.35. The summed E-state index contributed by atoms with van der Waals surface area (Å²) in [5.74, 6) is -0.326. The van der Waals surface area contributed by atoms with E-state index in [1.165, 1.54) is 11.3 Å². The van der Waals surface area contributed by atoms with Crippen LogP contribution in [0.25, 0.3) is 21.8 Å². The Hall–Kier alpha value is -3.58. The number of thiophene rings is 1. The monoisotopic (exact) mass is 521 g/mol. The number of anilines is 1. The predicted molar refractivity (Wildman–Crippen MR) is 139 cm³/mol. The van der Waals surface area contributed by atoms with Gasteiger partial charge >= 0.3 is 6.03 Å². The zero-order valence-electron chi connectivity index (χ0n) is 20.1. The van der Waals surface area contributed by atoms with Crippen LogP contribution >= 0.6 is 11.3 Å². The first-order valence-electron chi connectivity index (χ1n) is 12.4. The first-order valence-corrected chi connectivity index (χ1v) is 13.2. The van der Waals surface area contributed by atoms with Crippen LogP contribution in [0.1, 0.15) is 38.4 Å². The molecule has 5 N–H and O–H groups in total. The molecule has 1 aromatic carbocycles. The fourth-order valence-corrected chi connectivity index (χ4v) is 5.85. The van der Waals surface area contributed by atoms with Gasteiger partial charge in [0.1, 0.15) is 5.69 Å². The topological polar surface area (TPSA) is 140 Å². The Morgan fingerprint density at radius 2 is 1.89 bits per heavy atom. The molecule has 2 fully saturated rings. The predicted octanol–water partition coefficient (Wildman–Crippen LogP) is 2.20. The van der Waals surface area contributed by atoms with Crippen molar-refractivity contribution in [1.82, 2.24) is 31.3 Å². The summed E-state index contributed by atoms with van der Waals surface area (Å²) < 4.78 is 5.31. The van der Waals surface area contributed by atoms with Crippen molar-refractivity contribution in [2.75, 3.05) is 44.7 Å². The number of nitrogens with one attached hydrogen (secondary N) is 5. The summed E-state index contributed by atoms with van der Waals surface area (Å²) in [6.45, 7) is 4.08. The van der Waals surface area contributed by atoms with Crippen LogP contribution in [0.5, 0.6) is 0 Å². The molecule has 12 heteroatoms. The molecule has 3 amide bonds. The number of ketones is 1. The number of morpholine rings is 1. The lowest BCUT2D eigenvalue weighted by atomic mass is 10.1. The number of H-pyrrole nitrogens is 1. The van der Waals surface area contributed by atoms with Crippen LogP contribution < -0.4 is 21.4 Å². The first kappa shape index (κ1) is 23.8. The lowest BCUT2D eigenvalue weighted by Gasteiger charge is -2.27. The number of aromatic amines is 1. The molecule has 0 atom stereocenters. The first-order chi connectivity index (χ1) is 18.1. The van der Waals surface area contributed by atoms with E-state index in [-0.39, 0.29) is 17.7 Å². The van der Waals surface area contributed by atoms with E-state index in [4.69, 9.17) is 4.74 Å². The molecule has 1 aliphatic carbocycles. The number of hydrogen-bond donors (Lipinski definition) is 5. The number of aromatic nitrogens is 2. The SMILES string of the molecule is O=C(Nc1cccc2c1C(=O)c1c(-c3ccc(C(=O)NC4CCNCC4)s3)n[nH]c1-2)NN1CCOCC1. The van der Waals surface area contributed by atoms with Crippen molar-refractivity contribution in [3.05, 3.63) is 46.3 Å². The normalized spacial score (nSPS) is 17.8. The van der Waals surface area contributed by atoms with Crippen LogP contribution in [-0.4, -0.2) is 78.4 Å². The molecule has 192 valence electrons. The number of nitrogens with zero attached hydrogens (tertiary/aromatic N) is 2. The molecule has 0 radical (unpaired) electrons. The van der Waals surface area contributed by atoms with Gasteiger partial charge in [0.15, 0.2) is 5.78 Å². The van der Waals surface area contributed by atoms with Gasteiger partial charge in [-0.2, -0.15) is 5.10 Å². The third-order valence-electron chi connectivity index (χ3n) is 6.81. The number of rotatable bonds is 5. The van der Waals surface area contributed by atoms with Crippen LogP contribution in [0.4, 0.5) is 10.5 Å². The standard InChI is InChI=1S/C25H27N7O4S/c33-23-19-15(2-1-3-16(19)28-25(35)31-32-10-12-36-13-11-32)21-20(23)22(30-29-21)17-4-5-18(37-17)24(34)27-14-6-8-26-9-7-14/h1-5,14,26H,6-13H2,(H,27,34)(H,29,30)(H2,28,31,35). The third kappa shape index (κ3) is 4.64. The number of benzene rings is 1. The van der Waals surface area contributed by atoms with Crippen molar-refractivity contribution in [2.45, 2.75) is 18.9 Å². The average molecular weight is 522 g/mol. The summed E-state index contributed by atoms with van der Waals surface area (Å²) in [5, 5.41) is 18.4. The molecule has 6 rings (SSSR count). The van der Waals surface area contributed by atoms with Crippen molar-refractivity contribution < 1.29 is 19.1 Å². The molecule has 0 saturated carbocycles. The minimum Gasteiger partial charge on any atom is -0.379 e. The van der Waals surface area contributed by atoms with Crippen molar-refractivity contribution in [2.24, 2.45) is 0 Å². The van der Waals surface area contributed by atoms with Crippen LogP contribution in [0.2, 0.25) is 0 Å². The van der Waals surface area contributed by atoms with Gasteiger partial charge in [-0.05, 0) is 44.1 Å². The Balaban J connectivity index is 1.21. The maximum Gasteiger partial charge on any atom is 0.333 e. The zero-order valence-corrected chi connectivity index (χ0v) is 20.9. The van der Waals surface area contributed by atoms with Gasteiger partial charge in [-0.25, -0.2) is 9.80 Å². The molecule has 0 unspecified atom stereocenters. The molecule has 37 heavy (non-hydrogen) atoms. The lowest BCUT2D eigenvalue weighted by molar-refractivity contribution is 0.0207. The number of urea groups is 1. The third-order valence-corrected chi connectivity index (χ3v) is 7.90. The van der Waals surface area contributed by atoms with Gasteiger partial charge in [0.25, 0.3) is 5.91 Å². The second-order valence-electron chi connectivity index (χ2n) is 9.21. The van der Waals surface area contributed by atoms with E-state index < -0.39 is 6.03 Å². The molecule has 2 saturated heterocycles. The van der Waals surface area contributed by atoms with Gasteiger partial charge in [0.2, 0.25) is 0 Å². The summed E-state index contributed by atoms with van der Waals surface area (Å²) >= 11 is 1.31. The van der Waals surface area contributed by atoms with Crippen LogP contribution in [0, 0.1) is 0 Å². The molecule has 3 aromatic rings. The number of fused-ring (bicyclic) bond motifs is 3. The summed E-state index contributed by atoms with van der Waals surface area (Å²) in [6.07, 6.45) is 1.81. The summed E-state index contributed by atoms with van der Waals surface area (Å²) in [6, 6.07) is 8.68. The average Bonchev–Trinajstić information content (AvgIpc) is 3.62. The highest BCUT2D eigenvalue weighted by atomic mass is 32.1. The lowest BCUT2D eigenvalue weighted by Crippen LogP contribution is -2.49. The molecular formula is C25H27N7O4S. The minimum atomic E-state index is -0.417. The van der Waals surface area contributed by atoms with E-state index in [0.29, 0.717) is 64.9 Å². The van der Waals surface area contributed by atoms with E-state index in [1.807, 2.05) is 12.1 Å². The summed E-state index contributed by atoms with van der Waals surface area (Å²) in [5.41, 5.74) is 5.90. The van der Waals surface area contributed by atoms with Gasteiger partial charge in [-0.15, -0.1) is 11.3 Å². The highest BCUT2D eigenvalue weighted by molar-refractivity contribution is 7.17. The van der Waals surface area contributed by atoms with Crippen molar-refractivity contribution in [1.29, 1.82) is 0 Å². The Kier molecular flexibility index (Phi) is 6.47. The Labute approximate surface area is 216 Å². The van der Waals surface area contributed by atoms with Crippen LogP contribution in [0.3, 0.4) is 0 Å². The van der Waals surface area contributed by atoms with Gasteiger partial charge in [-0.3, -0.25) is 20.1 Å². The van der Waals surface area contributed by atoms with E-state index in [0.717, 1.165) is 30.8 Å². The number of hydrazine groups is 1. The minimum absolute atomic E-state index is 0.109. The number of carbonyl (C=O) groups is 3. The summed E-state index contributed by atoms with van der Waals surface area (Å²) in [7, 11) is 0. The molecule has 2 aliphatic heterocycles. The van der Waals surface area contributed by atoms with Crippen LogP contribution in [-0.2, 0) is 4.74 Å². The van der Waals surface area contributed by atoms with Gasteiger partial charge in [-0.1, -0.05) is 12.1 Å². The maximum atomic E-state index is 13.6. The molecule has 0 spiro atoms.